The van der Waals surface area contributed by atoms with Crippen molar-refractivity contribution >= 4 is 50.0 Å². The third-order valence-electron chi connectivity index (χ3n) is 8.46. The molecule has 0 radical (unpaired) electrons. The molecule has 2 N–H and O–H groups in total. The first-order valence-electron chi connectivity index (χ1n) is 14.9. The van der Waals surface area contributed by atoms with E-state index in [4.69, 9.17) is 10.8 Å². The fourth-order valence-electron chi connectivity index (χ4n) is 6.50. The molecule has 0 saturated heterocycles. The van der Waals surface area contributed by atoms with E-state index in [2.05, 4.69) is 124 Å². The highest BCUT2D eigenvalue weighted by atomic mass is 15.5. The largest absolute Gasteiger partial charge is 0.307 e. The quantitative estimate of drug-likeness (QED) is 0.0902. The Morgan fingerprint density at radius 1 is 0.568 bits per heavy atom. The molecule has 0 aliphatic heterocycles. The predicted octanol–water partition coefficient (Wildman–Crippen LogP) is 8.84. The van der Waals surface area contributed by atoms with Crippen LogP contribution in [0.25, 0.3) is 49.3 Å². The van der Waals surface area contributed by atoms with Crippen LogP contribution in [-0.2, 0) is 6.54 Å². The summed E-state index contributed by atoms with van der Waals surface area (Å²) in [6.45, 7) is 0.567. The molecule has 0 aliphatic carbocycles. The van der Waals surface area contributed by atoms with Gasteiger partial charge < -0.3 is 4.57 Å². The van der Waals surface area contributed by atoms with E-state index in [0.29, 0.717) is 6.54 Å². The molecule has 212 valence electrons. The van der Waals surface area contributed by atoms with Crippen molar-refractivity contribution in [3.8, 4) is 5.69 Å². The number of fused-ring (bicyclic) bond motifs is 7. The molecule has 8 rings (SSSR count). The molecule has 0 aliphatic rings. The van der Waals surface area contributed by atoms with Gasteiger partial charge in [-0.3, -0.25) is 10.4 Å². The number of nitrogens with two attached hydrogens (primary N) is 1. The Balaban J connectivity index is 1.39. The molecule has 5 heteroatoms. The van der Waals surface area contributed by atoms with Crippen LogP contribution in [0.3, 0.4) is 0 Å². The third-order valence-corrected chi connectivity index (χ3v) is 8.46. The van der Waals surface area contributed by atoms with Gasteiger partial charge in [0.05, 0.1) is 28.4 Å². The number of hydrogen-bond acceptors (Lipinski definition) is 3. The van der Waals surface area contributed by atoms with E-state index >= 15 is 0 Å². The second-order valence-corrected chi connectivity index (χ2v) is 11.1. The first-order chi connectivity index (χ1) is 21.8. The van der Waals surface area contributed by atoms with E-state index in [-0.39, 0.29) is 6.17 Å². The molecule has 5 nitrogen and oxygen atoms in total. The Labute approximate surface area is 255 Å². The highest BCUT2D eigenvalue weighted by Crippen LogP contribution is 2.40. The Morgan fingerprint density at radius 2 is 1.11 bits per heavy atom. The van der Waals surface area contributed by atoms with Crippen LogP contribution >= 0.6 is 0 Å². The van der Waals surface area contributed by atoms with Gasteiger partial charge >= 0.3 is 0 Å². The lowest BCUT2D eigenvalue weighted by molar-refractivity contribution is 0.199. The van der Waals surface area contributed by atoms with Gasteiger partial charge in [-0.25, -0.2) is 10.0 Å². The highest BCUT2D eigenvalue weighted by molar-refractivity contribution is 6.24. The van der Waals surface area contributed by atoms with Gasteiger partial charge in [0.1, 0.15) is 6.17 Å². The summed E-state index contributed by atoms with van der Waals surface area (Å²) >= 11 is 0. The van der Waals surface area contributed by atoms with E-state index in [1.54, 1.807) is 0 Å². The molecule has 6 aromatic carbocycles. The Hall–Kier alpha value is -5.49. The van der Waals surface area contributed by atoms with Crippen LogP contribution in [0.2, 0.25) is 0 Å². The summed E-state index contributed by atoms with van der Waals surface area (Å²) in [4.78, 5) is 5.23. The number of rotatable bonds is 7. The van der Waals surface area contributed by atoms with E-state index in [0.717, 1.165) is 33.4 Å². The molecule has 0 spiro atoms. The van der Waals surface area contributed by atoms with Crippen LogP contribution in [0.15, 0.2) is 157 Å². The lowest BCUT2D eigenvalue weighted by Gasteiger charge is -2.24. The molecule has 1 unspecified atom stereocenters. The first kappa shape index (κ1) is 26.2. The normalized spacial score (nSPS) is 12.8. The van der Waals surface area contributed by atoms with Crippen molar-refractivity contribution in [2.75, 3.05) is 0 Å². The van der Waals surface area contributed by atoms with E-state index in [1.807, 2.05) is 47.7 Å². The second kappa shape index (κ2) is 11.0. The van der Waals surface area contributed by atoms with Crippen LogP contribution in [0.1, 0.15) is 17.3 Å². The maximum Gasteiger partial charge on any atom is 0.142 e. The van der Waals surface area contributed by atoms with Gasteiger partial charge in [0.25, 0.3) is 0 Å². The van der Waals surface area contributed by atoms with Crippen molar-refractivity contribution in [1.82, 2.24) is 14.1 Å². The maximum absolute atomic E-state index is 6.79. The molecule has 8 aromatic rings. The van der Waals surface area contributed by atoms with Gasteiger partial charge in [-0.15, -0.1) is 0 Å². The molecule has 2 heterocycles. The summed E-state index contributed by atoms with van der Waals surface area (Å²) < 4.78 is 4.63. The van der Waals surface area contributed by atoms with Crippen LogP contribution in [0.5, 0.6) is 0 Å². The first-order valence-corrected chi connectivity index (χ1v) is 14.9. The minimum Gasteiger partial charge on any atom is -0.307 e. The zero-order chi connectivity index (χ0) is 29.5. The summed E-state index contributed by atoms with van der Waals surface area (Å²) in [7, 11) is 0. The minimum absolute atomic E-state index is 0.383. The number of nitrogens with zero attached hydrogens (tertiary/aromatic N) is 4. The summed E-state index contributed by atoms with van der Waals surface area (Å²) in [5.41, 5.74) is 7.84. The Bertz CT molecular complexity index is 2260. The number of para-hydroxylation sites is 3. The number of benzene rings is 6. The number of aromatic nitrogens is 2. The number of aliphatic imine (C=N–C) groups is 1. The van der Waals surface area contributed by atoms with Gasteiger partial charge in [-0.2, -0.15) is 0 Å². The molecular weight excluding hydrogens is 538 g/mol. The van der Waals surface area contributed by atoms with Gasteiger partial charge in [0, 0.05) is 33.8 Å². The predicted molar refractivity (Wildman–Crippen MR) is 183 cm³/mol. The fraction of sp³-hybridized carbons (Fsp3) is 0.0513. The summed E-state index contributed by atoms with van der Waals surface area (Å²) in [5, 5.41) is 6.61. The molecule has 44 heavy (non-hydrogen) atoms. The van der Waals surface area contributed by atoms with E-state index in [9.17, 15) is 0 Å². The van der Waals surface area contributed by atoms with Gasteiger partial charge in [0.2, 0.25) is 0 Å². The maximum atomic E-state index is 6.79. The minimum atomic E-state index is -0.383. The lowest BCUT2D eigenvalue weighted by atomic mass is 10.1. The standard InChI is InChI=1S/C39H31N5/c40-43(26-28-14-4-1-5-15-28)39(29-16-6-2-7-17-29)41-27-42-35-22-12-10-20-31(35)33-24-25-34-32-21-11-13-23-36(32)44(38(34)37(33)42)30-18-8-3-9-19-30/h1-25,27,39H,26,40H2/b41-27+. The van der Waals surface area contributed by atoms with Crippen LogP contribution in [0.4, 0.5) is 0 Å². The van der Waals surface area contributed by atoms with Gasteiger partial charge in [-0.1, -0.05) is 127 Å². The second-order valence-electron chi connectivity index (χ2n) is 11.1. The molecule has 0 saturated carbocycles. The summed E-state index contributed by atoms with van der Waals surface area (Å²) in [5.74, 6) is 6.79. The average Bonchev–Trinajstić information content (AvgIpc) is 3.59. The summed E-state index contributed by atoms with van der Waals surface area (Å²) in [6, 6.07) is 52.9. The molecule has 2 aromatic heterocycles. The average molecular weight is 570 g/mol. The zero-order valence-corrected chi connectivity index (χ0v) is 24.2. The monoisotopic (exact) mass is 569 g/mol. The van der Waals surface area contributed by atoms with Crippen molar-refractivity contribution in [2.24, 2.45) is 10.8 Å². The smallest absolute Gasteiger partial charge is 0.142 e. The van der Waals surface area contributed by atoms with Gasteiger partial charge in [-0.05, 0) is 35.4 Å². The van der Waals surface area contributed by atoms with Crippen molar-refractivity contribution in [2.45, 2.75) is 12.7 Å². The van der Waals surface area contributed by atoms with E-state index in [1.165, 1.54) is 27.1 Å². The number of hydrazine groups is 1. The lowest BCUT2D eigenvalue weighted by Crippen LogP contribution is -2.34. The molecular formula is C39H31N5. The molecule has 0 amide bonds. The number of hydrogen-bond donors (Lipinski definition) is 1. The van der Waals surface area contributed by atoms with Gasteiger partial charge in [0.15, 0.2) is 0 Å². The fourth-order valence-corrected chi connectivity index (χ4v) is 6.50. The van der Waals surface area contributed by atoms with Crippen molar-refractivity contribution in [3.05, 3.63) is 163 Å². The molecule has 1 atom stereocenters. The van der Waals surface area contributed by atoms with Crippen LogP contribution in [-0.4, -0.2) is 20.5 Å². The van der Waals surface area contributed by atoms with Crippen molar-refractivity contribution in [3.63, 3.8) is 0 Å². The zero-order valence-electron chi connectivity index (χ0n) is 24.2. The molecule has 0 fully saturated rings. The highest BCUT2D eigenvalue weighted by Gasteiger charge is 2.21. The topological polar surface area (TPSA) is 51.5 Å². The van der Waals surface area contributed by atoms with Crippen molar-refractivity contribution in [1.29, 1.82) is 0 Å². The van der Waals surface area contributed by atoms with Crippen LogP contribution < -0.4 is 5.84 Å². The Morgan fingerprint density at radius 3 is 1.82 bits per heavy atom. The van der Waals surface area contributed by atoms with E-state index < -0.39 is 0 Å². The Kier molecular flexibility index (Phi) is 6.52. The SMILES string of the molecule is NN(Cc1ccccc1)C(/N=C/n1c2ccccc2c2ccc3c4ccccc4n(-c4ccccc4)c3c21)c1ccccc1. The summed E-state index contributed by atoms with van der Waals surface area (Å²) in [6.07, 6.45) is 1.59. The van der Waals surface area contributed by atoms with Crippen LogP contribution in [0, 0.1) is 0 Å². The third kappa shape index (κ3) is 4.38. The van der Waals surface area contributed by atoms with Crippen molar-refractivity contribution < 1.29 is 0 Å². The molecule has 0 bridgehead atoms.